The van der Waals surface area contributed by atoms with E-state index in [1.54, 1.807) is 0 Å². The molecule has 0 amide bonds. The maximum atomic E-state index is 2.26. The molecule has 0 spiro atoms. The average molecular weight is 217 g/mol. The van der Waals surface area contributed by atoms with Gasteiger partial charge in [0, 0.05) is 0 Å². The van der Waals surface area contributed by atoms with Crippen molar-refractivity contribution in [3.05, 3.63) is 41.5 Å². The summed E-state index contributed by atoms with van der Waals surface area (Å²) in [6.45, 7) is 2.25. The van der Waals surface area contributed by atoms with Crippen molar-refractivity contribution in [2.75, 3.05) is 0 Å². The molecular formula is C10H11F2Ti. The second kappa shape index (κ2) is 4.16. The van der Waals surface area contributed by atoms with Crippen LogP contribution in [0.5, 0.6) is 0 Å². The molecule has 1 aromatic carbocycles. The van der Waals surface area contributed by atoms with E-state index in [2.05, 4.69) is 63.8 Å². The van der Waals surface area contributed by atoms with Gasteiger partial charge in [0.15, 0.2) is 0 Å². The van der Waals surface area contributed by atoms with E-state index in [9.17, 15) is 0 Å². The first-order chi connectivity index (χ1) is 5.20. The summed E-state index contributed by atoms with van der Waals surface area (Å²) < 4.78 is 0.247. The molecule has 0 N–H and O–H groups in total. The fourth-order valence-electron chi connectivity index (χ4n) is 1.46. The van der Waals surface area contributed by atoms with Crippen molar-refractivity contribution < 1.29 is 29.8 Å². The van der Waals surface area contributed by atoms with Crippen molar-refractivity contribution in [1.82, 2.24) is 0 Å². The SMILES string of the molecule is C[C]1([Ti])C=Cc2ccccc21.F.F. The second-order valence-electron chi connectivity index (χ2n) is 3.12. The Hall–Kier alpha value is -0.466. The van der Waals surface area contributed by atoms with Gasteiger partial charge >= 0.3 is 78.6 Å². The number of rotatable bonds is 0. The number of hydrogen-bond donors (Lipinski definition) is 0. The molecule has 0 aromatic heterocycles. The molecule has 3 heteroatoms. The normalized spacial score (nSPS) is 22.8. The first-order valence-corrected chi connectivity index (χ1v) is 4.52. The Kier molecular flexibility index (Phi) is 4.01. The molecule has 0 fully saturated rings. The largest absolute Gasteiger partial charge is 0.269 e. The summed E-state index contributed by atoms with van der Waals surface area (Å²) in [5, 5.41) is 0. The molecule has 0 radical (unpaired) electrons. The van der Waals surface area contributed by atoms with Crippen LogP contribution >= 0.6 is 0 Å². The van der Waals surface area contributed by atoms with E-state index in [0.717, 1.165) is 0 Å². The molecular weight excluding hydrogens is 206 g/mol. The minimum Gasteiger partial charge on any atom is -0.269 e. The summed E-state index contributed by atoms with van der Waals surface area (Å²) in [4.78, 5) is 0. The van der Waals surface area contributed by atoms with Gasteiger partial charge in [-0.3, -0.25) is 9.41 Å². The minimum atomic E-state index is 0. The van der Waals surface area contributed by atoms with Crippen LogP contribution in [0.15, 0.2) is 30.3 Å². The van der Waals surface area contributed by atoms with Crippen molar-refractivity contribution in [1.29, 1.82) is 0 Å². The van der Waals surface area contributed by atoms with Crippen LogP contribution in [0, 0.1) is 0 Å². The van der Waals surface area contributed by atoms with Crippen LogP contribution in [-0.2, 0) is 24.2 Å². The number of benzene rings is 1. The Balaban J connectivity index is 0.000000720. The van der Waals surface area contributed by atoms with Crippen LogP contribution < -0.4 is 0 Å². The van der Waals surface area contributed by atoms with Crippen molar-refractivity contribution in [3.63, 3.8) is 0 Å². The Morgan fingerprint density at radius 2 is 1.77 bits per heavy atom. The summed E-state index contributed by atoms with van der Waals surface area (Å²) >= 11 is 2.25. The standard InChI is InChI=1S/C10H9.2FH.Ti/c1-8-6-7-9-4-2-3-5-10(8)9;;;/h2-7H,1H3;2*1H;. The third kappa shape index (κ3) is 2.06. The molecule has 0 saturated carbocycles. The zero-order valence-corrected chi connectivity index (χ0v) is 8.84. The van der Waals surface area contributed by atoms with Crippen molar-refractivity contribution in [2.45, 2.75) is 10.6 Å². The van der Waals surface area contributed by atoms with Crippen LogP contribution in [0.2, 0.25) is 0 Å². The fourth-order valence-corrected chi connectivity index (χ4v) is 1.95. The second-order valence-corrected chi connectivity index (χ2v) is 4.74. The van der Waals surface area contributed by atoms with Gasteiger partial charge in [0.2, 0.25) is 0 Å². The van der Waals surface area contributed by atoms with Crippen molar-refractivity contribution >= 4 is 6.08 Å². The molecule has 69 valence electrons. The van der Waals surface area contributed by atoms with E-state index in [0.29, 0.717) is 0 Å². The van der Waals surface area contributed by atoms with E-state index in [-0.39, 0.29) is 13.1 Å². The number of halogens is 2. The van der Waals surface area contributed by atoms with Gasteiger partial charge in [-0.05, 0) is 0 Å². The molecule has 1 unspecified atom stereocenters. The molecule has 1 aromatic rings. The van der Waals surface area contributed by atoms with Gasteiger partial charge in [-0.25, -0.2) is 0 Å². The first-order valence-electron chi connectivity index (χ1n) is 3.74. The maximum absolute atomic E-state index is 2.26. The third-order valence-electron chi connectivity index (χ3n) is 2.12. The molecule has 1 aliphatic rings. The van der Waals surface area contributed by atoms with Crippen LogP contribution in [0.1, 0.15) is 18.1 Å². The van der Waals surface area contributed by atoms with Gasteiger partial charge in [-0.15, -0.1) is 0 Å². The van der Waals surface area contributed by atoms with Crippen LogP contribution in [0.4, 0.5) is 9.41 Å². The monoisotopic (exact) mass is 217 g/mol. The molecule has 1 aliphatic carbocycles. The Bertz CT molecular complexity index is 318. The predicted octanol–water partition coefficient (Wildman–Crippen LogP) is 2.78. The average Bonchev–Trinajstić information content (AvgIpc) is 2.29. The van der Waals surface area contributed by atoms with E-state index in [4.69, 9.17) is 0 Å². The van der Waals surface area contributed by atoms with E-state index in [1.165, 1.54) is 11.1 Å². The maximum Gasteiger partial charge on any atom is -0.269 e. The van der Waals surface area contributed by atoms with Gasteiger partial charge in [0.1, 0.15) is 0 Å². The first kappa shape index (κ1) is 12.5. The molecule has 0 nitrogen and oxygen atoms in total. The van der Waals surface area contributed by atoms with Crippen molar-refractivity contribution in [2.24, 2.45) is 0 Å². The zero-order valence-electron chi connectivity index (χ0n) is 7.28. The van der Waals surface area contributed by atoms with Crippen LogP contribution in [-0.4, -0.2) is 0 Å². The van der Waals surface area contributed by atoms with Gasteiger partial charge < -0.3 is 0 Å². The molecule has 1 atom stereocenters. The Morgan fingerprint density at radius 3 is 2.38 bits per heavy atom. The van der Waals surface area contributed by atoms with Gasteiger partial charge in [-0.2, -0.15) is 0 Å². The molecule has 0 bridgehead atoms. The van der Waals surface area contributed by atoms with E-state index < -0.39 is 0 Å². The van der Waals surface area contributed by atoms with Crippen LogP contribution in [0.3, 0.4) is 0 Å². The molecule has 2 rings (SSSR count). The molecule has 0 saturated heterocycles. The summed E-state index contributed by atoms with van der Waals surface area (Å²) in [7, 11) is 0. The Morgan fingerprint density at radius 1 is 1.15 bits per heavy atom. The summed E-state index contributed by atoms with van der Waals surface area (Å²) in [6.07, 6.45) is 4.47. The summed E-state index contributed by atoms with van der Waals surface area (Å²) in [5.41, 5.74) is 2.82. The van der Waals surface area contributed by atoms with E-state index >= 15 is 0 Å². The molecule has 0 aliphatic heterocycles. The molecule has 13 heavy (non-hydrogen) atoms. The fraction of sp³-hybridized carbons (Fsp3) is 0.200. The minimum absolute atomic E-state index is 0. The Labute approximate surface area is 88.2 Å². The molecule has 0 heterocycles. The van der Waals surface area contributed by atoms with Gasteiger partial charge in [0.25, 0.3) is 0 Å². The van der Waals surface area contributed by atoms with Gasteiger partial charge in [0.05, 0.1) is 0 Å². The van der Waals surface area contributed by atoms with E-state index in [1.807, 2.05) is 0 Å². The van der Waals surface area contributed by atoms with Crippen molar-refractivity contribution in [3.8, 4) is 0 Å². The summed E-state index contributed by atoms with van der Waals surface area (Å²) in [6, 6.07) is 8.56. The number of allylic oxidation sites excluding steroid dienone is 1. The zero-order chi connectivity index (χ0) is 7.90. The topological polar surface area (TPSA) is 0 Å². The van der Waals surface area contributed by atoms with Gasteiger partial charge in [-0.1, -0.05) is 0 Å². The smallest absolute Gasteiger partial charge is 0.269 e. The quantitative estimate of drug-likeness (QED) is 0.586. The van der Waals surface area contributed by atoms with Crippen LogP contribution in [0.25, 0.3) is 6.08 Å². The number of fused-ring (bicyclic) bond motifs is 1. The third-order valence-corrected chi connectivity index (χ3v) is 2.80. The summed E-state index contributed by atoms with van der Waals surface area (Å²) in [5.74, 6) is 0. The number of hydrogen-bond acceptors (Lipinski definition) is 0. The predicted molar refractivity (Wildman–Crippen MR) is 47.8 cm³/mol.